The summed E-state index contributed by atoms with van der Waals surface area (Å²) in [7, 11) is -1.61. The van der Waals surface area contributed by atoms with Crippen LogP contribution in [0.1, 0.15) is 34.1 Å². The first-order chi connectivity index (χ1) is 12.8. The lowest BCUT2D eigenvalue weighted by atomic mass is 10.1. The fourth-order valence-corrected chi connectivity index (χ4v) is 5.02. The lowest BCUT2D eigenvalue weighted by Gasteiger charge is -2.25. The van der Waals surface area contributed by atoms with Crippen LogP contribution in [0.25, 0.3) is 0 Å². The molecule has 2 rings (SSSR count). The lowest BCUT2D eigenvalue weighted by Crippen LogP contribution is -2.51. The van der Waals surface area contributed by atoms with Gasteiger partial charge in [0.1, 0.15) is 0 Å². The number of hydrogen-bond acceptors (Lipinski definition) is 4. The van der Waals surface area contributed by atoms with Crippen molar-refractivity contribution in [2.75, 3.05) is 25.9 Å². The highest BCUT2D eigenvalue weighted by Gasteiger charge is 2.31. The van der Waals surface area contributed by atoms with Crippen molar-refractivity contribution in [3.05, 3.63) is 30.3 Å². The van der Waals surface area contributed by atoms with E-state index < -0.39 is 9.84 Å². The second-order valence-corrected chi connectivity index (χ2v) is 9.73. The van der Waals surface area contributed by atoms with Crippen molar-refractivity contribution in [3.8, 4) is 0 Å². The van der Waals surface area contributed by atoms with Gasteiger partial charge in [0.05, 0.1) is 10.6 Å². The topological polar surface area (TPSA) is 73.8 Å². The first-order valence-corrected chi connectivity index (χ1v) is 11.4. The molecule has 1 aromatic rings. The van der Waals surface area contributed by atoms with E-state index in [-0.39, 0.29) is 35.8 Å². The molecule has 1 heterocycles. The summed E-state index contributed by atoms with van der Waals surface area (Å²) < 4.78 is 25.4. The van der Waals surface area contributed by atoms with Crippen LogP contribution in [0.3, 0.4) is 0 Å². The van der Waals surface area contributed by atoms with Crippen LogP contribution in [-0.2, 0) is 9.84 Å². The Morgan fingerprint density at radius 1 is 1.25 bits per heavy atom. The van der Waals surface area contributed by atoms with Crippen LogP contribution in [0.15, 0.2) is 40.2 Å². The molecule has 0 bridgehead atoms. The molecule has 0 radical (unpaired) electrons. The zero-order valence-electron chi connectivity index (χ0n) is 17.6. The van der Waals surface area contributed by atoms with Gasteiger partial charge in [0.15, 0.2) is 15.8 Å². The summed E-state index contributed by atoms with van der Waals surface area (Å²) in [4.78, 5) is 7.14. The Labute approximate surface area is 187 Å². The minimum Gasteiger partial charge on any atom is -0.353 e. The molecule has 3 atom stereocenters. The Morgan fingerprint density at radius 2 is 1.89 bits per heavy atom. The van der Waals surface area contributed by atoms with Crippen LogP contribution in [0.2, 0.25) is 0 Å². The van der Waals surface area contributed by atoms with Gasteiger partial charge in [-0.15, -0.1) is 24.0 Å². The zero-order valence-corrected chi connectivity index (χ0v) is 20.7. The number of likely N-dealkylation sites (tertiary alicyclic amines) is 1. The Balaban J connectivity index is 0.00000392. The number of nitrogens with zero attached hydrogens (tertiary/aromatic N) is 2. The number of nitrogens with one attached hydrogen (secondary N) is 2. The van der Waals surface area contributed by atoms with E-state index in [1.165, 1.54) is 0 Å². The second kappa shape index (κ2) is 11.3. The number of rotatable bonds is 7. The molecule has 1 aliphatic heterocycles. The number of guanidine groups is 1. The number of hydrogen-bond donors (Lipinski definition) is 2. The van der Waals surface area contributed by atoms with Gasteiger partial charge < -0.3 is 10.6 Å². The van der Waals surface area contributed by atoms with Crippen molar-refractivity contribution in [2.45, 2.75) is 57.1 Å². The molecule has 0 amide bonds. The Kier molecular flexibility index (Phi) is 10.2. The zero-order chi connectivity index (χ0) is 20.0. The minimum atomic E-state index is -3.34. The molecule has 2 N–H and O–H groups in total. The van der Waals surface area contributed by atoms with E-state index in [4.69, 9.17) is 0 Å². The maximum atomic E-state index is 12.7. The van der Waals surface area contributed by atoms with Crippen LogP contribution < -0.4 is 10.6 Å². The first kappa shape index (κ1) is 25.2. The average molecular weight is 522 g/mol. The summed E-state index contributed by atoms with van der Waals surface area (Å²) in [5, 5.41) is 6.81. The molecule has 0 aromatic heterocycles. The van der Waals surface area contributed by atoms with Crippen LogP contribution in [0.4, 0.5) is 0 Å². The second-order valence-electron chi connectivity index (χ2n) is 7.69. The fourth-order valence-electron chi connectivity index (χ4n) is 3.40. The van der Waals surface area contributed by atoms with Crippen molar-refractivity contribution >= 4 is 39.8 Å². The van der Waals surface area contributed by atoms with E-state index in [1.807, 2.05) is 13.0 Å². The molecule has 8 heteroatoms. The third-order valence-corrected chi connectivity index (χ3v) is 7.10. The van der Waals surface area contributed by atoms with Crippen LogP contribution >= 0.6 is 24.0 Å². The highest BCUT2D eigenvalue weighted by Crippen LogP contribution is 2.18. The van der Waals surface area contributed by atoms with Crippen molar-refractivity contribution in [3.63, 3.8) is 0 Å². The maximum Gasteiger partial charge on any atom is 0.191 e. The van der Waals surface area contributed by atoms with Gasteiger partial charge in [-0.1, -0.05) is 32.0 Å². The van der Waals surface area contributed by atoms with Gasteiger partial charge >= 0.3 is 0 Å². The SMILES string of the molecule is CCC(CS(=O)(=O)c1ccccc1)NC(=NC)NC1CN(C(C)C)CC1C.I. The van der Waals surface area contributed by atoms with Crippen molar-refractivity contribution in [1.29, 1.82) is 0 Å². The Bertz CT molecular complexity index is 725. The number of halogens is 1. The smallest absolute Gasteiger partial charge is 0.191 e. The number of sulfone groups is 1. The Hall–Kier alpha value is -0.870. The molecule has 3 unspecified atom stereocenters. The van der Waals surface area contributed by atoms with E-state index in [0.717, 1.165) is 13.1 Å². The van der Waals surface area contributed by atoms with Crippen molar-refractivity contribution in [2.24, 2.45) is 10.9 Å². The monoisotopic (exact) mass is 522 g/mol. The fraction of sp³-hybridized carbons (Fsp3) is 0.650. The first-order valence-electron chi connectivity index (χ1n) is 9.78. The maximum absolute atomic E-state index is 12.7. The largest absolute Gasteiger partial charge is 0.353 e. The average Bonchev–Trinajstić information content (AvgIpc) is 3.01. The van der Waals surface area contributed by atoms with Gasteiger partial charge in [0.25, 0.3) is 0 Å². The summed E-state index contributed by atoms with van der Waals surface area (Å²) in [5.74, 6) is 1.23. The molecule has 0 spiro atoms. The van der Waals surface area contributed by atoms with E-state index in [9.17, 15) is 8.42 Å². The molecule has 1 saturated heterocycles. The van der Waals surface area contributed by atoms with E-state index in [0.29, 0.717) is 35.3 Å². The molecular formula is C20H35IN4O2S. The summed E-state index contributed by atoms with van der Waals surface area (Å²) in [6.07, 6.45) is 0.700. The quantitative estimate of drug-likeness (QED) is 0.328. The van der Waals surface area contributed by atoms with E-state index in [2.05, 4.69) is 41.3 Å². The van der Waals surface area contributed by atoms with Crippen LogP contribution in [0.5, 0.6) is 0 Å². The third kappa shape index (κ3) is 6.88. The summed E-state index contributed by atoms with van der Waals surface area (Å²) in [6.45, 7) is 10.7. The normalized spacial score (nSPS) is 22.0. The predicted molar refractivity (Wildman–Crippen MR) is 127 cm³/mol. The molecule has 1 fully saturated rings. The van der Waals surface area contributed by atoms with Gasteiger partial charge in [0, 0.05) is 38.3 Å². The van der Waals surface area contributed by atoms with E-state index in [1.54, 1.807) is 31.3 Å². The van der Waals surface area contributed by atoms with Crippen molar-refractivity contribution in [1.82, 2.24) is 15.5 Å². The summed E-state index contributed by atoms with van der Waals surface area (Å²) >= 11 is 0. The van der Waals surface area contributed by atoms with Gasteiger partial charge in [-0.3, -0.25) is 9.89 Å². The highest BCUT2D eigenvalue weighted by atomic mass is 127. The molecule has 160 valence electrons. The van der Waals surface area contributed by atoms with Gasteiger partial charge in [-0.05, 0) is 38.3 Å². The molecule has 0 saturated carbocycles. The predicted octanol–water partition coefficient (Wildman–Crippen LogP) is 2.75. The van der Waals surface area contributed by atoms with Gasteiger partial charge in [-0.25, -0.2) is 8.42 Å². The molecule has 1 aliphatic rings. The van der Waals surface area contributed by atoms with Gasteiger partial charge in [-0.2, -0.15) is 0 Å². The molecule has 0 aliphatic carbocycles. The Morgan fingerprint density at radius 3 is 2.39 bits per heavy atom. The van der Waals surface area contributed by atoms with Crippen LogP contribution in [-0.4, -0.2) is 63.3 Å². The molecular weight excluding hydrogens is 487 g/mol. The highest BCUT2D eigenvalue weighted by molar-refractivity contribution is 14.0. The molecule has 6 nitrogen and oxygen atoms in total. The number of aliphatic imine (C=N–C) groups is 1. The minimum absolute atomic E-state index is 0. The van der Waals surface area contributed by atoms with Crippen molar-refractivity contribution < 1.29 is 8.42 Å². The lowest BCUT2D eigenvalue weighted by molar-refractivity contribution is 0.265. The van der Waals surface area contributed by atoms with E-state index >= 15 is 0 Å². The van der Waals surface area contributed by atoms with Crippen LogP contribution in [0, 0.1) is 5.92 Å². The number of benzene rings is 1. The molecule has 28 heavy (non-hydrogen) atoms. The summed E-state index contributed by atoms with van der Waals surface area (Å²) in [5.41, 5.74) is 0. The van der Waals surface area contributed by atoms with Gasteiger partial charge in [0.2, 0.25) is 0 Å². The summed E-state index contributed by atoms with van der Waals surface area (Å²) in [6, 6.07) is 9.26. The standard InChI is InChI=1S/C20H34N4O2S.HI/c1-6-17(14-27(25,26)18-10-8-7-9-11-18)22-20(21-5)23-19-13-24(15(2)3)12-16(19)4;/h7-11,15-17,19H,6,12-14H2,1-5H3,(H2,21,22,23);1H. The third-order valence-electron chi connectivity index (χ3n) is 5.27. The molecule has 1 aromatic carbocycles.